The monoisotopic (exact) mass is 500 g/mol. The highest BCUT2D eigenvalue weighted by molar-refractivity contribution is 14.0. The van der Waals surface area contributed by atoms with Gasteiger partial charge in [0.2, 0.25) is 0 Å². The van der Waals surface area contributed by atoms with E-state index in [1.807, 2.05) is 13.2 Å². The van der Waals surface area contributed by atoms with Crippen molar-refractivity contribution in [2.45, 2.75) is 57.5 Å². The first-order chi connectivity index (χ1) is 13.2. The number of aliphatic imine (C=N–C) groups is 1. The van der Waals surface area contributed by atoms with Crippen LogP contribution < -0.4 is 15.5 Å². The number of halogens is 1. The van der Waals surface area contributed by atoms with E-state index in [1.165, 1.54) is 31.2 Å². The molecular formula is C21H37IN6. The zero-order valence-corrected chi connectivity index (χ0v) is 20.0. The van der Waals surface area contributed by atoms with E-state index in [2.05, 4.69) is 56.5 Å². The summed E-state index contributed by atoms with van der Waals surface area (Å²) >= 11 is 0. The highest BCUT2D eigenvalue weighted by atomic mass is 127. The lowest BCUT2D eigenvalue weighted by Crippen LogP contribution is -2.50. The third-order valence-corrected chi connectivity index (χ3v) is 5.98. The lowest BCUT2D eigenvalue weighted by Gasteiger charge is -2.34. The summed E-state index contributed by atoms with van der Waals surface area (Å²) in [6.45, 7) is 6.17. The summed E-state index contributed by atoms with van der Waals surface area (Å²) in [6, 6.07) is 5.53. The Bertz CT molecular complexity index is 591. The van der Waals surface area contributed by atoms with Crippen LogP contribution in [0.25, 0.3) is 0 Å². The highest BCUT2D eigenvalue weighted by Crippen LogP contribution is 2.22. The third kappa shape index (κ3) is 6.76. The summed E-state index contributed by atoms with van der Waals surface area (Å²) in [5.41, 5.74) is 1.21. The molecule has 1 aromatic rings. The number of nitrogens with zero attached hydrogens (tertiary/aromatic N) is 4. The number of rotatable bonds is 6. The summed E-state index contributed by atoms with van der Waals surface area (Å²) in [4.78, 5) is 13.9. The number of hydrogen-bond acceptors (Lipinski definition) is 4. The van der Waals surface area contributed by atoms with Crippen LogP contribution in [0.2, 0.25) is 0 Å². The maximum Gasteiger partial charge on any atom is 0.191 e. The van der Waals surface area contributed by atoms with Crippen molar-refractivity contribution in [1.82, 2.24) is 20.5 Å². The molecule has 2 N–H and O–H groups in total. The SMILES string of the molecule is CN=C(NCCN(C)C1CCCC1)NC1CCN(c2ccc(C)cn2)CC1.I. The molecule has 1 aliphatic heterocycles. The molecule has 0 bridgehead atoms. The van der Waals surface area contributed by atoms with E-state index in [-0.39, 0.29) is 24.0 Å². The number of hydrogen-bond donors (Lipinski definition) is 2. The van der Waals surface area contributed by atoms with E-state index in [1.54, 1.807) is 0 Å². The second kappa shape index (κ2) is 11.8. The molecule has 1 aromatic heterocycles. The van der Waals surface area contributed by atoms with Crippen molar-refractivity contribution in [2.24, 2.45) is 4.99 Å². The average molecular weight is 500 g/mol. The molecule has 0 spiro atoms. The van der Waals surface area contributed by atoms with E-state index >= 15 is 0 Å². The standard InChI is InChI=1S/C21H36N6.HI/c1-17-8-9-20(24-16-17)27-13-10-18(11-14-27)25-21(22-2)23-12-15-26(3)19-6-4-5-7-19;/h8-9,16,18-19H,4-7,10-15H2,1-3H3,(H2,22,23,25);1H. The van der Waals surface area contributed by atoms with Crippen molar-refractivity contribution in [3.63, 3.8) is 0 Å². The molecule has 0 atom stereocenters. The normalized spacial score (nSPS) is 19.0. The van der Waals surface area contributed by atoms with Gasteiger partial charge < -0.3 is 20.4 Å². The van der Waals surface area contributed by atoms with Gasteiger partial charge in [0, 0.05) is 51.5 Å². The van der Waals surface area contributed by atoms with Crippen LogP contribution in [0.15, 0.2) is 23.3 Å². The summed E-state index contributed by atoms with van der Waals surface area (Å²) in [5, 5.41) is 7.09. The molecule has 0 unspecified atom stereocenters. The van der Waals surface area contributed by atoms with E-state index < -0.39 is 0 Å². The lowest BCUT2D eigenvalue weighted by molar-refractivity contribution is 0.249. The summed E-state index contributed by atoms with van der Waals surface area (Å²) in [6.07, 6.45) is 9.67. The topological polar surface area (TPSA) is 55.8 Å². The predicted molar refractivity (Wildman–Crippen MR) is 129 cm³/mol. The van der Waals surface area contributed by atoms with Crippen LogP contribution in [-0.4, -0.2) is 68.2 Å². The lowest BCUT2D eigenvalue weighted by atomic mass is 10.1. The van der Waals surface area contributed by atoms with Gasteiger partial charge in [-0.2, -0.15) is 0 Å². The van der Waals surface area contributed by atoms with Crippen molar-refractivity contribution in [3.8, 4) is 0 Å². The van der Waals surface area contributed by atoms with Crippen LogP contribution in [-0.2, 0) is 0 Å². The predicted octanol–water partition coefficient (Wildman–Crippen LogP) is 3.02. The molecule has 0 radical (unpaired) electrons. The van der Waals surface area contributed by atoms with Crippen LogP contribution >= 0.6 is 24.0 Å². The minimum absolute atomic E-state index is 0. The molecule has 158 valence electrons. The number of aromatic nitrogens is 1. The average Bonchev–Trinajstić information content (AvgIpc) is 3.23. The van der Waals surface area contributed by atoms with Gasteiger partial charge in [-0.3, -0.25) is 4.99 Å². The Kier molecular flexibility index (Phi) is 9.77. The number of aryl methyl sites for hydroxylation is 1. The molecule has 1 saturated heterocycles. The maximum absolute atomic E-state index is 4.56. The largest absolute Gasteiger partial charge is 0.356 e. The summed E-state index contributed by atoms with van der Waals surface area (Å²) < 4.78 is 0. The fraction of sp³-hybridized carbons (Fsp3) is 0.714. The quantitative estimate of drug-likeness (QED) is 0.358. The molecule has 6 nitrogen and oxygen atoms in total. The molecule has 0 aromatic carbocycles. The van der Waals surface area contributed by atoms with Crippen LogP contribution in [0, 0.1) is 6.92 Å². The first-order valence-corrected chi connectivity index (χ1v) is 10.5. The van der Waals surface area contributed by atoms with Crippen molar-refractivity contribution in [1.29, 1.82) is 0 Å². The molecule has 1 aliphatic carbocycles. The number of piperidine rings is 1. The van der Waals surface area contributed by atoms with Crippen LogP contribution in [0.5, 0.6) is 0 Å². The summed E-state index contributed by atoms with van der Waals surface area (Å²) in [5.74, 6) is 2.03. The molecule has 0 amide bonds. The van der Waals surface area contributed by atoms with Crippen molar-refractivity contribution < 1.29 is 0 Å². The molecule has 1 saturated carbocycles. The van der Waals surface area contributed by atoms with Crippen molar-refractivity contribution in [2.75, 3.05) is 45.2 Å². The van der Waals surface area contributed by atoms with E-state index in [0.717, 1.165) is 56.8 Å². The van der Waals surface area contributed by atoms with Crippen LogP contribution in [0.4, 0.5) is 5.82 Å². The fourth-order valence-electron chi connectivity index (χ4n) is 4.17. The molecule has 28 heavy (non-hydrogen) atoms. The molecule has 3 rings (SSSR count). The van der Waals surface area contributed by atoms with Crippen molar-refractivity contribution >= 4 is 35.8 Å². The van der Waals surface area contributed by atoms with Gasteiger partial charge in [0.1, 0.15) is 5.82 Å². The minimum atomic E-state index is 0. The Morgan fingerprint density at radius 1 is 1.21 bits per heavy atom. The number of anilines is 1. The van der Waals surface area contributed by atoms with Gasteiger partial charge in [0.25, 0.3) is 0 Å². The van der Waals surface area contributed by atoms with Gasteiger partial charge in [-0.15, -0.1) is 24.0 Å². The Morgan fingerprint density at radius 3 is 2.54 bits per heavy atom. The number of nitrogens with one attached hydrogen (secondary N) is 2. The van der Waals surface area contributed by atoms with E-state index in [9.17, 15) is 0 Å². The van der Waals surface area contributed by atoms with Gasteiger partial charge in [0.15, 0.2) is 5.96 Å². The van der Waals surface area contributed by atoms with Crippen LogP contribution in [0.1, 0.15) is 44.1 Å². The second-order valence-electron chi connectivity index (χ2n) is 8.02. The fourth-order valence-corrected chi connectivity index (χ4v) is 4.17. The molecular weight excluding hydrogens is 463 g/mol. The zero-order valence-electron chi connectivity index (χ0n) is 17.7. The van der Waals surface area contributed by atoms with Crippen molar-refractivity contribution in [3.05, 3.63) is 23.9 Å². The molecule has 2 fully saturated rings. The number of likely N-dealkylation sites (N-methyl/N-ethyl adjacent to an activating group) is 1. The zero-order chi connectivity index (χ0) is 19.1. The Morgan fingerprint density at radius 2 is 1.93 bits per heavy atom. The number of pyridine rings is 1. The van der Waals surface area contributed by atoms with E-state index in [0.29, 0.717) is 6.04 Å². The Hall–Kier alpha value is -1.09. The molecule has 2 heterocycles. The summed E-state index contributed by atoms with van der Waals surface area (Å²) in [7, 11) is 4.12. The Labute approximate surface area is 187 Å². The van der Waals surface area contributed by atoms with Gasteiger partial charge >= 0.3 is 0 Å². The Balaban J connectivity index is 0.00000280. The van der Waals surface area contributed by atoms with E-state index in [4.69, 9.17) is 0 Å². The van der Waals surface area contributed by atoms with Gasteiger partial charge in [0.05, 0.1) is 0 Å². The number of guanidine groups is 1. The highest BCUT2D eigenvalue weighted by Gasteiger charge is 2.21. The first kappa shape index (κ1) is 23.2. The van der Waals surface area contributed by atoms with Gasteiger partial charge in [-0.05, 0) is 51.3 Å². The molecule has 7 heteroatoms. The minimum Gasteiger partial charge on any atom is -0.356 e. The third-order valence-electron chi connectivity index (χ3n) is 5.98. The van der Waals surface area contributed by atoms with Gasteiger partial charge in [-0.1, -0.05) is 18.9 Å². The first-order valence-electron chi connectivity index (χ1n) is 10.5. The second-order valence-corrected chi connectivity index (χ2v) is 8.02. The van der Waals surface area contributed by atoms with Gasteiger partial charge in [-0.25, -0.2) is 4.98 Å². The molecule has 2 aliphatic rings. The van der Waals surface area contributed by atoms with Crippen LogP contribution in [0.3, 0.4) is 0 Å². The smallest absolute Gasteiger partial charge is 0.191 e. The maximum atomic E-state index is 4.56.